The Balaban J connectivity index is 2.20. The molecule has 0 bridgehead atoms. The number of halogens is 1. The second-order valence-corrected chi connectivity index (χ2v) is 4.41. The summed E-state index contributed by atoms with van der Waals surface area (Å²) in [5.41, 5.74) is 6.89. The van der Waals surface area contributed by atoms with Crippen molar-refractivity contribution in [3.05, 3.63) is 40.7 Å². The van der Waals surface area contributed by atoms with Crippen LogP contribution in [0.5, 0.6) is 0 Å². The summed E-state index contributed by atoms with van der Waals surface area (Å²) in [5, 5.41) is 0.755. The average Bonchev–Trinajstić information content (AvgIpc) is 2.61. The number of anilines is 2. The third-order valence-corrected chi connectivity index (χ3v) is 2.93. The molecule has 1 aromatic heterocycles. The van der Waals surface area contributed by atoms with Crippen LogP contribution in [0.15, 0.2) is 24.3 Å². The van der Waals surface area contributed by atoms with Crippen molar-refractivity contribution in [2.75, 3.05) is 17.7 Å². The predicted octanol–water partition coefficient (Wildman–Crippen LogP) is 2.59. The molecule has 1 aromatic carbocycles. The average molecular weight is 251 g/mol. The molecule has 0 atom stereocenters. The largest absolute Gasteiger partial charge is 0.382 e. The van der Waals surface area contributed by atoms with Crippen molar-refractivity contribution in [3.8, 4) is 0 Å². The van der Waals surface area contributed by atoms with E-state index < -0.39 is 0 Å². The number of rotatable bonds is 3. The van der Waals surface area contributed by atoms with Crippen LogP contribution in [0.1, 0.15) is 11.4 Å². The number of nitrogens with one attached hydrogen (secondary N) is 1. The number of H-pyrrole nitrogens is 1. The Morgan fingerprint density at radius 1 is 1.41 bits per heavy atom. The van der Waals surface area contributed by atoms with Gasteiger partial charge in [0.05, 0.1) is 0 Å². The topological polar surface area (TPSA) is 57.9 Å². The molecule has 17 heavy (non-hydrogen) atoms. The van der Waals surface area contributed by atoms with Gasteiger partial charge in [0.1, 0.15) is 11.6 Å². The summed E-state index contributed by atoms with van der Waals surface area (Å²) < 4.78 is 0. The Morgan fingerprint density at radius 3 is 2.71 bits per heavy atom. The number of nitrogen functional groups attached to an aromatic ring is 1. The van der Waals surface area contributed by atoms with Crippen molar-refractivity contribution < 1.29 is 0 Å². The molecule has 0 fully saturated rings. The number of nitrogens with two attached hydrogens (primary N) is 1. The van der Waals surface area contributed by atoms with Crippen LogP contribution in [-0.2, 0) is 6.54 Å². The van der Waals surface area contributed by atoms with E-state index in [1.807, 2.05) is 43.1 Å². The van der Waals surface area contributed by atoms with E-state index in [9.17, 15) is 0 Å². The normalized spacial score (nSPS) is 10.5. The molecular formula is C12H15ClN4. The minimum absolute atomic E-state index is 0.581. The molecule has 2 aromatic rings. The van der Waals surface area contributed by atoms with Gasteiger partial charge in [-0.2, -0.15) is 0 Å². The molecule has 0 unspecified atom stereocenters. The molecule has 3 N–H and O–H groups in total. The molecule has 2 rings (SSSR count). The highest BCUT2D eigenvalue weighted by Crippen LogP contribution is 2.23. The van der Waals surface area contributed by atoms with Crippen LogP contribution in [0.4, 0.5) is 11.6 Å². The molecule has 1 heterocycles. The van der Waals surface area contributed by atoms with Gasteiger partial charge in [-0.05, 0) is 18.6 Å². The third kappa shape index (κ3) is 2.53. The highest BCUT2D eigenvalue weighted by Gasteiger charge is 2.11. The van der Waals surface area contributed by atoms with Gasteiger partial charge in [0.15, 0.2) is 5.82 Å². The summed E-state index contributed by atoms with van der Waals surface area (Å²) >= 11 is 6.11. The van der Waals surface area contributed by atoms with E-state index in [0.29, 0.717) is 12.4 Å². The fraction of sp³-hybridized carbons (Fsp3) is 0.250. The molecule has 0 aliphatic rings. The Bertz CT molecular complexity index is 521. The number of nitrogens with zero attached hydrogens (tertiary/aromatic N) is 2. The van der Waals surface area contributed by atoms with Gasteiger partial charge in [-0.3, -0.25) is 0 Å². The summed E-state index contributed by atoms with van der Waals surface area (Å²) in [6.45, 7) is 2.55. The van der Waals surface area contributed by atoms with Crippen molar-refractivity contribution in [2.45, 2.75) is 13.5 Å². The zero-order chi connectivity index (χ0) is 12.4. The Labute approximate surface area is 105 Å². The van der Waals surface area contributed by atoms with Crippen LogP contribution in [0, 0.1) is 6.92 Å². The maximum Gasteiger partial charge on any atom is 0.171 e. The molecule has 0 radical (unpaired) electrons. The molecule has 0 spiro atoms. The Morgan fingerprint density at radius 2 is 2.12 bits per heavy atom. The molecule has 0 saturated heterocycles. The summed E-state index contributed by atoms with van der Waals surface area (Å²) in [4.78, 5) is 9.29. The minimum atomic E-state index is 0.581. The first-order valence-electron chi connectivity index (χ1n) is 5.34. The lowest BCUT2D eigenvalue weighted by molar-refractivity contribution is 0.903. The van der Waals surface area contributed by atoms with E-state index in [1.54, 1.807) is 0 Å². The Hall–Kier alpha value is -1.68. The van der Waals surface area contributed by atoms with Gasteiger partial charge >= 0.3 is 0 Å². The van der Waals surface area contributed by atoms with Crippen molar-refractivity contribution in [3.63, 3.8) is 0 Å². The van der Waals surface area contributed by atoms with Crippen LogP contribution >= 0.6 is 11.6 Å². The first-order valence-corrected chi connectivity index (χ1v) is 5.72. The number of aryl methyl sites for hydroxylation is 1. The second-order valence-electron chi connectivity index (χ2n) is 4.01. The summed E-state index contributed by atoms with van der Waals surface area (Å²) in [6.07, 6.45) is 0. The lowest BCUT2D eigenvalue weighted by atomic mass is 10.2. The second kappa shape index (κ2) is 4.67. The van der Waals surface area contributed by atoms with E-state index in [4.69, 9.17) is 17.3 Å². The van der Waals surface area contributed by atoms with Crippen LogP contribution < -0.4 is 10.6 Å². The zero-order valence-electron chi connectivity index (χ0n) is 9.87. The molecule has 90 valence electrons. The molecule has 0 saturated carbocycles. The SMILES string of the molecule is Cc1nc(N(C)Cc2ccccc2Cl)c(N)[nH]1. The van der Waals surface area contributed by atoms with Crippen LogP contribution in [0.3, 0.4) is 0 Å². The molecule has 0 aliphatic carbocycles. The zero-order valence-corrected chi connectivity index (χ0v) is 10.6. The monoisotopic (exact) mass is 250 g/mol. The number of hydrogen-bond donors (Lipinski definition) is 2. The maximum absolute atomic E-state index is 6.11. The van der Waals surface area contributed by atoms with Crippen molar-refractivity contribution in [1.82, 2.24) is 9.97 Å². The summed E-state index contributed by atoms with van der Waals surface area (Å²) in [7, 11) is 1.94. The first-order chi connectivity index (χ1) is 8.08. The van der Waals surface area contributed by atoms with Gasteiger partial charge in [0.25, 0.3) is 0 Å². The van der Waals surface area contributed by atoms with Crippen LogP contribution in [0.2, 0.25) is 5.02 Å². The molecular weight excluding hydrogens is 236 g/mol. The van der Waals surface area contributed by atoms with Crippen molar-refractivity contribution >= 4 is 23.2 Å². The van der Waals surface area contributed by atoms with Gasteiger partial charge in [-0.1, -0.05) is 29.8 Å². The third-order valence-electron chi connectivity index (χ3n) is 2.56. The summed E-state index contributed by atoms with van der Waals surface area (Å²) in [5.74, 6) is 2.14. The van der Waals surface area contributed by atoms with E-state index in [0.717, 1.165) is 22.2 Å². The van der Waals surface area contributed by atoms with Gasteiger partial charge < -0.3 is 15.6 Å². The van der Waals surface area contributed by atoms with E-state index >= 15 is 0 Å². The number of aromatic nitrogens is 2. The van der Waals surface area contributed by atoms with Gasteiger partial charge in [-0.15, -0.1) is 0 Å². The first kappa shape index (κ1) is 11.8. The predicted molar refractivity (Wildman–Crippen MR) is 71.3 cm³/mol. The molecule has 5 heteroatoms. The van der Waals surface area contributed by atoms with Gasteiger partial charge in [0.2, 0.25) is 0 Å². The minimum Gasteiger partial charge on any atom is -0.382 e. The number of aromatic amines is 1. The lowest BCUT2D eigenvalue weighted by Crippen LogP contribution is -2.18. The molecule has 0 aliphatic heterocycles. The van der Waals surface area contributed by atoms with Crippen molar-refractivity contribution in [1.29, 1.82) is 0 Å². The smallest absolute Gasteiger partial charge is 0.171 e. The van der Waals surface area contributed by atoms with E-state index in [2.05, 4.69) is 9.97 Å². The molecule has 4 nitrogen and oxygen atoms in total. The fourth-order valence-electron chi connectivity index (χ4n) is 1.75. The quantitative estimate of drug-likeness (QED) is 0.880. The Kier molecular flexibility index (Phi) is 3.24. The van der Waals surface area contributed by atoms with Crippen LogP contribution in [-0.4, -0.2) is 17.0 Å². The van der Waals surface area contributed by atoms with Crippen LogP contribution in [0.25, 0.3) is 0 Å². The summed E-state index contributed by atoms with van der Waals surface area (Å²) in [6, 6.07) is 7.76. The lowest BCUT2D eigenvalue weighted by Gasteiger charge is -2.17. The van der Waals surface area contributed by atoms with E-state index in [1.165, 1.54) is 0 Å². The highest BCUT2D eigenvalue weighted by molar-refractivity contribution is 6.31. The number of imidazole rings is 1. The highest BCUT2D eigenvalue weighted by atomic mass is 35.5. The standard InChI is InChI=1S/C12H15ClN4/c1-8-15-11(14)12(16-8)17(2)7-9-5-3-4-6-10(9)13/h3-6H,7,14H2,1-2H3,(H,15,16). The maximum atomic E-state index is 6.11. The van der Waals surface area contributed by atoms with Gasteiger partial charge in [0, 0.05) is 18.6 Å². The fourth-order valence-corrected chi connectivity index (χ4v) is 1.94. The number of hydrogen-bond acceptors (Lipinski definition) is 3. The number of benzene rings is 1. The molecule has 0 amide bonds. The van der Waals surface area contributed by atoms with Gasteiger partial charge in [-0.25, -0.2) is 4.98 Å². The van der Waals surface area contributed by atoms with E-state index in [-0.39, 0.29) is 0 Å². The van der Waals surface area contributed by atoms with Crippen molar-refractivity contribution in [2.24, 2.45) is 0 Å².